The van der Waals surface area contributed by atoms with E-state index in [0.29, 0.717) is 11.1 Å². The Bertz CT molecular complexity index is 526. The van der Waals surface area contributed by atoms with Gasteiger partial charge in [-0.25, -0.2) is 4.39 Å². The second kappa shape index (κ2) is 4.88. The van der Waals surface area contributed by atoms with Crippen molar-refractivity contribution in [2.75, 3.05) is 5.32 Å². The fourth-order valence-electron chi connectivity index (χ4n) is 5.10. The highest BCUT2D eigenvalue weighted by Crippen LogP contribution is 2.59. The summed E-state index contributed by atoms with van der Waals surface area (Å²) in [5.74, 6) is 3.31. The summed E-state index contributed by atoms with van der Waals surface area (Å²) in [4.78, 5) is 0. The van der Waals surface area contributed by atoms with Crippen LogP contribution in [0.1, 0.15) is 32.1 Å². The maximum Gasteiger partial charge on any atom is 0.125 e. The summed E-state index contributed by atoms with van der Waals surface area (Å²) in [6, 6.07) is 3.39. The van der Waals surface area contributed by atoms with Gasteiger partial charge in [-0.05, 0) is 77.4 Å². The smallest absolute Gasteiger partial charge is 0.125 e. The van der Waals surface area contributed by atoms with Gasteiger partial charge in [-0.3, -0.25) is 0 Å². The van der Waals surface area contributed by atoms with Crippen molar-refractivity contribution in [2.24, 2.45) is 23.7 Å². The molecular weight excluding hydrogens is 341 g/mol. The molecule has 3 aliphatic rings. The first-order valence-corrected chi connectivity index (χ1v) is 8.71. The standard InChI is InChI=1S/C16H18BrClFN/c17-13-6-9(19)7-14(18)16(13)20-15-5-8-4-12(15)11-3-1-2-10(8)11/h6-8,10-12,15,20H,1-5H2. The van der Waals surface area contributed by atoms with E-state index in [0.717, 1.165) is 33.8 Å². The number of hydrogen-bond donors (Lipinski definition) is 1. The summed E-state index contributed by atoms with van der Waals surface area (Å²) in [7, 11) is 0. The van der Waals surface area contributed by atoms with Crippen molar-refractivity contribution >= 4 is 33.2 Å². The lowest BCUT2D eigenvalue weighted by atomic mass is 9.79. The Morgan fingerprint density at radius 1 is 1.15 bits per heavy atom. The molecule has 2 bridgehead atoms. The predicted octanol–water partition coefficient (Wildman–Crippen LogP) is 5.48. The minimum Gasteiger partial charge on any atom is -0.380 e. The lowest BCUT2D eigenvalue weighted by Crippen LogP contribution is -2.34. The highest BCUT2D eigenvalue weighted by atomic mass is 79.9. The molecule has 108 valence electrons. The third kappa shape index (κ3) is 2.00. The van der Waals surface area contributed by atoms with Crippen LogP contribution < -0.4 is 5.32 Å². The first-order valence-electron chi connectivity index (χ1n) is 7.54. The molecule has 0 saturated heterocycles. The first kappa shape index (κ1) is 13.4. The van der Waals surface area contributed by atoms with E-state index in [1.807, 2.05) is 0 Å². The molecule has 0 heterocycles. The Labute approximate surface area is 132 Å². The zero-order valence-electron chi connectivity index (χ0n) is 11.2. The minimum absolute atomic E-state index is 0.295. The van der Waals surface area contributed by atoms with Gasteiger partial charge in [-0.15, -0.1) is 0 Å². The van der Waals surface area contributed by atoms with Crippen LogP contribution in [0.2, 0.25) is 5.02 Å². The molecule has 0 aromatic heterocycles. The maximum atomic E-state index is 13.3. The van der Waals surface area contributed by atoms with Crippen molar-refractivity contribution in [3.05, 3.63) is 27.4 Å². The fraction of sp³-hybridized carbons (Fsp3) is 0.625. The van der Waals surface area contributed by atoms with Gasteiger partial charge in [0.25, 0.3) is 0 Å². The molecule has 3 fully saturated rings. The Kier molecular flexibility index (Phi) is 3.26. The molecule has 0 spiro atoms. The summed E-state index contributed by atoms with van der Waals surface area (Å²) in [6.45, 7) is 0. The zero-order chi connectivity index (χ0) is 13.9. The Hall–Kier alpha value is -0.280. The summed E-state index contributed by atoms with van der Waals surface area (Å²) < 4.78 is 14.0. The van der Waals surface area contributed by atoms with Crippen molar-refractivity contribution < 1.29 is 4.39 Å². The minimum atomic E-state index is -0.295. The molecule has 1 aromatic rings. The molecule has 5 unspecified atom stereocenters. The molecule has 0 aliphatic heterocycles. The Morgan fingerprint density at radius 2 is 1.95 bits per heavy atom. The van der Waals surface area contributed by atoms with Crippen molar-refractivity contribution in [3.63, 3.8) is 0 Å². The van der Waals surface area contributed by atoms with Gasteiger partial charge >= 0.3 is 0 Å². The Morgan fingerprint density at radius 3 is 2.75 bits per heavy atom. The molecule has 1 aromatic carbocycles. The number of fused-ring (bicyclic) bond motifs is 5. The highest BCUT2D eigenvalue weighted by Gasteiger charge is 2.53. The van der Waals surface area contributed by atoms with Gasteiger partial charge < -0.3 is 5.32 Å². The normalized spacial score (nSPS) is 38.2. The molecule has 4 heteroatoms. The third-order valence-electron chi connectivity index (χ3n) is 5.77. The van der Waals surface area contributed by atoms with Crippen LogP contribution in [0.3, 0.4) is 0 Å². The van der Waals surface area contributed by atoms with Gasteiger partial charge in [0, 0.05) is 10.5 Å². The van der Waals surface area contributed by atoms with Crippen molar-refractivity contribution in [1.29, 1.82) is 0 Å². The van der Waals surface area contributed by atoms with E-state index in [2.05, 4.69) is 21.2 Å². The van der Waals surface area contributed by atoms with E-state index in [1.54, 1.807) is 0 Å². The van der Waals surface area contributed by atoms with Gasteiger partial charge in [0.15, 0.2) is 0 Å². The first-order chi connectivity index (χ1) is 9.63. The third-order valence-corrected chi connectivity index (χ3v) is 6.69. The monoisotopic (exact) mass is 357 g/mol. The van der Waals surface area contributed by atoms with E-state index in [-0.39, 0.29) is 5.82 Å². The van der Waals surface area contributed by atoms with Crippen LogP contribution in [0.5, 0.6) is 0 Å². The van der Waals surface area contributed by atoms with Gasteiger partial charge in [0.1, 0.15) is 5.82 Å². The molecule has 5 atom stereocenters. The SMILES string of the molecule is Fc1cc(Cl)c(NC2CC3CC2C2CCCC32)c(Br)c1. The molecular formula is C16H18BrClFN. The molecule has 1 N–H and O–H groups in total. The maximum absolute atomic E-state index is 13.3. The quantitative estimate of drug-likeness (QED) is 0.738. The van der Waals surface area contributed by atoms with E-state index in [1.165, 1.54) is 44.2 Å². The average Bonchev–Trinajstić information content (AvgIpc) is 3.05. The average molecular weight is 359 g/mol. The van der Waals surface area contributed by atoms with E-state index < -0.39 is 0 Å². The second-order valence-electron chi connectivity index (χ2n) is 6.65. The summed E-state index contributed by atoms with van der Waals surface area (Å²) in [5, 5.41) is 4.08. The molecule has 1 nitrogen and oxygen atoms in total. The van der Waals surface area contributed by atoms with E-state index in [9.17, 15) is 4.39 Å². The molecule has 4 rings (SSSR count). The molecule has 3 saturated carbocycles. The molecule has 0 amide bonds. The van der Waals surface area contributed by atoms with Crippen LogP contribution >= 0.6 is 27.5 Å². The van der Waals surface area contributed by atoms with Crippen molar-refractivity contribution in [2.45, 2.75) is 38.1 Å². The molecule has 20 heavy (non-hydrogen) atoms. The number of hydrogen-bond acceptors (Lipinski definition) is 1. The van der Waals surface area contributed by atoms with Crippen LogP contribution in [-0.2, 0) is 0 Å². The summed E-state index contributed by atoms with van der Waals surface area (Å²) in [5.41, 5.74) is 0.861. The number of halogens is 3. The van der Waals surface area contributed by atoms with E-state index in [4.69, 9.17) is 11.6 Å². The van der Waals surface area contributed by atoms with Gasteiger partial charge in [0.2, 0.25) is 0 Å². The second-order valence-corrected chi connectivity index (χ2v) is 7.91. The summed E-state index contributed by atoms with van der Waals surface area (Å²) >= 11 is 9.62. The fourth-order valence-corrected chi connectivity index (χ4v) is 6.02. The lowest BCUT2D eigenvalue weighted by Gasteiger charge is -2.33. The van der Waals surface area contributed by atoms with Crippen molar-refractivity contribution in [1.82, 2.24) is 0 Å². The predicted molar refractivity (Wildman–Crippen MR) is 83.6 cm³/mol. The van der Waals surface area contributed by atoms with Gasteiger partial charge in [0.05, 0.1) is 10.7 Å². The summed E-state index contributed by atoms with van der Waals surface area (Å²) in [6.07, 6.45) is 6.90. The molecule has 3 aliphatic carbocycles. The topological polar surface area (TPSA) is 12.0 Å². The Balaban J connectivity index is 1.56. The van der Waals surface area contributed by atoms with Crippen LogP contribution in [-0.4, -0.2) is 6.04 Å². The number of anilines is 1. The van der Waals surface area contributed by atoms with E-state index >= 15 is 0 Å². The number of nitrogens with one attached hydrogen (secondary N) is 1. The number of benzene rings is 1. The number of rotatable bonds is 2. The van der Waals surface area contributed by atoms with Crippen LogP contribution in [0, 0.1) is 29.5 Å². The zero-order valence-corrected chi connectivity index (χ0v) is 13.6. The van der Waals surface area contributed by atoms with Gasteiger partial charge in [-0.1, -0.05) is 18.0 Å². The highest BCUT2D eigenvalue weighted by molar-refractivity contribution is 9.10. The van der Waals surface area contributed by atoms with Gasteiger partial charge in [-0.2, -0.15) is 0 Å². The van der Waals surface area contributed by atoms with Crippen LogP contribution in [0.25, 0.3) is 0 Å². The largest absolute Gasteiger partial charge is 0.380 e. The van der Waals surface area contributed by atoms with Crippen LogP contribution in [0.15, 0.2) is 16.6 Å². The lowest BCUT2D eigenvalue weighted by molar-refractivity contribution is 0.243. The van der Waals surface area contributed by atoms with Crippen molar-refractivity contribution in [3.8, 4) is 0 Å². The molecule has 0 radical (unpaired) electrons. The van der Waals surface area contributed by atoms with Crippen LogP contribution in [0.4, 0.5) is 10.1 Å².